The van der Waals surface area contributed by atoms with Crippen molar-refractivity contribution in [1.82, 2.24) is 0 Å². The van der Waals surface area contributed by atoms with Gasteiger partial charge in [0.05, 0.1) is 17.5 Å². The van der Waals surface area contributed by atoms with Crippen molar-refractivity contribution in [2.75, 3.05) is 4.90 Å². The number of para-hydroxylation sites is 1. The Morgan fingerprint density at radius 3 is 1.90 bits per heavy atom. The summed E-state index contributed by atoms with van der Waals surface area (Å²) in [7, 11) is 0. The maximum absolute atomic E-state index is 12.7. The summed E-state index contributed by atoms with van der Waals surface area (Å²) in [5, 5.41) is 0. The van der Waals surface area contributed by atoms with E-state index in [1.54, 1.807) is 0 Å². The maximum atomic E-state index is 12.7. The molecular formula is C15H13Br2NO2. The molecule has 6 atom stereocenters. The quantitative estimate of drug-likeness (QED) is 0.538. The summed E-state index contributed by atoms with van der Waals surface area (Å²) >= 11 is 7.38. The van der Waals surface area contributed by atoms with Gasteiger partial charge in [0.15, 0.2) is 0 Å². The lowest BCUT2D eigenvalue weighted by molar-refractivity contribution is -0.123. The second-order valence-electron chi connectivity index (χ2n) is 5.85. The zero-order valence-electron chi connectivity index (χ0n) is 10.6. The molecule has 3 nitrogen and oxygen atoms in total. The van der Waals surface area contributed by atoms with Gasteiger partial charge in [0.1, 0.15) is 0 Å². The number of benzene rings is 1. The van der Waals surface area contributed by atoms with Crippen LogP contribution in [0.3, 0.4) is 0 Å². The predicted molar refractivity (Wildman–Crippen MR) is 82.9 cm³/mol. The van der Waals surface area contributed by atoms with E-state index in [-0.39, 0.29) is 35.5 Å². The molecule has 2 saturated carbocycles. The van der Waals surface area contributed by atoms with Crippen molar-refractivity contribution in [3.8, 4) is 0 Å². The molecule has 4 rings (SSSR count). The standard InChI is InChI=1S/C15H13Br2NO2/c16-12-8-6-9(13(12)17)11-10(8)14(19)18(15(11)20)7-4-2-1-3-5-7/h1-5,8-13H,6H2. The largest absolute Gasteiger partial charge is 0.274 e. The van der Waals surface area contributed by atoms with Crippen molar-refractivity contribution >= 4 is 49.4 Å². The number of alkyl halides is 2. The molecule has 0 radical (unpaired) electrons. The number of hydrogen-bond acceptors (Lipinski definition) is 2. The summed E-state index contributed by atoms with van der Waals surface area (Å²) in [6, 6.07) is 9.27. The first-order valence-corrected chi connectivity index (χ1v) is 8.65. The first kappa shape index (κ1) is 13.0. The monoisotopic (exact) mass is 397 g/mol. The van der Waals surface area contributed by atoms with Crippen LogP contribution in [0.5, 0.6) is 0 Å². The third-order valence-electron chi connectivity index (χ3n) is 5.00. The fourth-order valence-electron chi connectivity index (χ4n) is 4.18. The molecular weight excluding hydrogens is 386 g/mol. The van der Waals surface area contributed by atoms with Crippen LogP contribution in [0.25, 0.3) is 0 Å². The summed E-state index contributed by atoms with van der Waals surface area (Å²) in [6.45, 7) is 0. The van der Waals surface area contributed by atoms with Gasteiger partial charge in [0.25, 0.3) is 0 Å². The maximum Gasteiger partial charge on any atom is 0.238 e. The van der Waals surface area contributed by atoms with E-state index in [0.717, 1.165) is 6.42 Å². The number of nitrogens with zero attached hydrogens (tertiary/aromatic N) is 1. The van der Waals surface area contributed by atoms with Gasteiger partial charge in [-0.15, -0.1) is 0 Å². The predicted octanol–water partition coefficient (Wildman–Crippen LogP) is 2.97. The Morgan fingerprint density at radius 2 is 1.40 bits per heavy atom. The van der Waals surface area contributed by atoms with Crippen LogP contribution < -0.4 is 4.90 Å². The van der Waals surface area contributed by atoms with Crippen molar-refractivity contribution in [3.63, 3.8) is 0 Å². The lowest BCUT2D eigenvalue weighted by Crippen LogP contribution is -2.37. The molecule has 104 valence electrons. The summed E-state index contributed by atoms with van der Waals surface area (Å²) in [5.74, 6) is 0.265. The van der Waals surface area contributed by atoms with Crippen LogP contribution in [0.15, 0.2) is 30.3 Å². The van der Waals surface area contributed by atoms with Crippen molar-refractivity contribution in [3.05, 3.63) is 30.3 Å². The number of amides is 2. The molecule has 0 spiro atoms. The van der Waals surface area contributed by atoms with Crippen LogP contribution in [0.4, 0.5) is 5.69 Å². The molecule has 2 bridgehead atoms. The van der Waals surface area contributed by atoms with E-state index < -0.39 is 0 Å². The SMILES string of the molecule is O=C1C2C3CC(C(Br)C3Br)C2C(=O)N1c1ccccc1. The first-order valence-electron chi connectivity index (χ1n) is 6.82. The molecule has 3 aliphatic rings. The van der Waals surface area contributed by atoms with Crippen molar-refractivity contribution in [2.24, 2.45) is 23.7 Å². The Hall–Kier alpha value is -0.680. The van der Waals surface area contributed by atoms with Crippen LogP contribution in [-0.2, 0) is 9.59 Å². The Bertz CT molecular complexity index is 559. The zero-order valence-corrected chi connectivity index (χ0v) is 13.7. The Kier molecular flexibility index (Phi) is 2.87. The third-order valence-corrected chi connectivity index (χ3v) is 8.21. The van der Waals surface area contributed by atoms with Gasteiger partial charge in [-0.3, -0.25) is 14.5 Å². The summed E-state index contributed by atoms with van der Waals surface area (Å²) in [4.78, 5) is 27.4. The number of hydrogen-bond donors (Lipinski definition) is 0. The first-order chi connectivity index (χ1) is 9.61. The average Bonchev–Trinajstić information content (AvgIpc) is 3.05. The number of carbonyl (C=O) groups is 2. The molecule has 1 saturated heterocycles. The molecule has 0 aromatic heterocycles. The minimum atomic E-state index is -0.133. The highest BCUT2D eigenvalue weighted by Crippen LogP contribution is 2.60. The topological polar surface area (TPSA) is 37.4 Å². The van der Waals surface area contributed by atoms with Crippen LogP contribution >= 0.6 is 31.9 Å². The Morgan fingerprint density at radius 1 is 0.900 bits per heavy atom. The van der Waals surface area contributed by atoms with E-state index >= 15 is 0 Å². The van der Waals surface area contributed by atoms with Crippen LogP contribution in [0.2, 0.25) is 0 Å². The van der Waals surface area contributed by atoms with Crippen LogP contribution in [0, 0.1) is 23.7 Å². The molecule has 2 aliphatic carbocycles. The van der Waals surface area contributed by atoms with Crippen molar-refractivity contribution < 1.29 is 9.59 Å². The zero-order chi connectivity index (χ0) is 14.0. The second-order valence-corrected chi connectivity index (χ2v) is 7.97. The third kappa shape index (κ3) is 1.51. The molecule has 0 N–H and O–H groups in total. The summed E-state index contributed by atoms with van der Waals surface area (Å²) < 4.78 is 0. The molecule has 1 aliphatic heterocycles. The minimum absolute atomic E-state index is 0.0115. The van der Waals surface area contributed by atoms with Gasteiger partial charge in [-0.1, -0.05) is 50.1 Å². The van der Waals surface area contributed by atoms with E-state index in [1.807, 2.05) is 30.3 Å². The van der Waals surface area contributed by atoms with Gasteiger partial charge in [0, 0.05) is 9.65 Å². The number of halogens is 2. The van der Waals surface area contributed by atoms with E-state index in [2.05, 4.69) is 31.9 Å². The highest BCUT2D eigenvalue weighted by atomic mass is 79.9. The van der Waals surface area contributed by atoms with Gasteiger partial charge in [0.2, 0.25) is 11.8 Å². The normalized spacial score (nSPS) is 42.4. The fourth-order valence-corrected chi connectivity index (χ4v) is 6.05. The van der Waals surface area contributed by atoms with Gasteiger partial charge >= 0.3 is 0 Å². The number of fused-ring (bicyclic) bond motifs is 5. The van der Waals surface area contributed by atoms with Gasteiger partial charge < -0.3 is 0 Å². The number of anilines is 1. The fraction of sp³-hybridized carbons (Fsp3) is 0.467. The van der Waals surface area contributed by atoms with E-state index in [1.165, 1.54) is 4.90 Å². The second kappa shape index (κ2) is 4.41. The molecule has 1 heterocycles. The number of imide groups is 1. The highest BCUT2D eigenvalue weighted by Gasteiger charge is 2.66. The summed E-state index contributed by atoms with van der Waals surface area (Å²) in [5.41, 5.74) is 0.702. The van der Waals surface area contributed by atoms with Crippen LogP contribution in [-0.4, -0.2) is 21.5 Å². The molecule has 1 aromatic carbocycles. The average molecular weight is 399 g/mol. The molecule has 5 heteroatoms. The van der Waals surface area contributed by atoms with E-state index in [4.69, 9.17) is 0 Å². The lowest BCUT2D eigenvalue weighted by Gasteiger charge is -2.28. The minimum Gasteiger partial charge on any atom is -0.274 e. The molecule has 3 fully saturated rings. The van der Waals surface area contributed by atoms with E-state index in [0.29, 0.717) is 15.3 Å². The molecule has 6 unspecified atom stereocenters. The summed E-state index contributed by atoms with van der Waals surface area (Å²) in [6.07, 6.45) is 0.973. The van der Waals surface area contributed by atoms with Crippen LogP contribution in [0.1, 0.15) is 6.42 Å². The molecule has 20 heavy (non-hydrogen) atoms. The smallest absolute Gasteiger partial charge is 0.238 e. The number of rotatable bonds is 1. The molecule has 2 amide bonds. The molecule has 1 aromatic rings. The van der Waals surface area contributed by atoms with Gasteiger partial charge in [-0.05, 0) is 30.4 Å². The van der Waals surface area contributed by atoms with Crippen molar-refractivity contribution in [1.29, 1.82) is 0 Å². The Balaban J connectivity index is 1.75. The Labute approximate surface area is 134 Å². The van der Waals surface area contributed by atoms with Crippen molar-refractivity contribution in [2.45, 2.75) is 16.1 Å². The van der Waals surface area contributed by atoms with Gasteiger partial charge in [-0.2, -0.15) is 0 Å². The lowest BCUT2D eigenvalue weighted by atomic mass is 9.81. The van der Waals surface area contributed by atoms with E-state index in [9.17, 15) is 9.59 Å². The highest BCUT2D eigenvalue weighted by molar-refractivity contribution is 9.12. The van der Waals surface area contributed by atoms with Gasteiger partial charge in [-0.25, -0.2) is 0 Å². The number of carbonyl (C=O) groups excluding carboxylic acids is 2.